The molecule has 2 heterocycles. The van der Waals surface area contributed by atoms with Crippen molar-refractivity contribution < 1.29 is 91.3 Å². The topological polar surface area (TPSA) is 283 Å². The van der Waals surface area contributed by atoms with Gasteiger partial charge in [0.2, 0.25) is 5.69 Å². The standard InChI is InChI=1S/C52H76N2O19S3/c1-51(21-25-68-31-33-72-37-35-70-29-27-66-3)44-40-42(75(60,61)62)17-19-46(44)53(23-12-8-11-16-50(55)56)48(51)14-9-6-5-7-10-15-49-52(2,22-26-69-32-34-73-38-36-71-30-28-67-4)45-41-43(76(63,64)65)18-20-47(45)54(49)24-13-39-74(57,58)59/h5-7,9-10,14-15,17-20,40-41H,8,11-13,16,21-39H2,1-4H3,(H3-,55,56,57,58,59,60,61,62,63,64,65). The molecule has 0 aliphatic carbocycles. The lowest BCUT2D eigenvalue weighted by Gasteiger charge is -2.30. The summed E-state index contributed by atoms with van der Waals surface area (Å²) in [4.78, 5) is 12.4. The summed E-state index contributed by atoms with van der Waals surface area (Å²) in [7, 11) is -10.5. The highest BCUT2D eigenvalue weighted by atomic mass is 32.2. The number of carbonyl (C=O) groups is 1. The average molecular weight is 1130 g/mol. The first-order chi connectivity index (χ1) is 36.2. The predicted molar refractivity (Wildman–Crippen MR) is 283 cm³/mol. The van der Waals surface area contributed by atoms with Crippen molar-refractivity contribution in [2.75, 3.05) is 130 Å². The number of ether oxygens (including phenoxy) is 8. The Labute approximate surface area is 448 Å². The molecule has 0 bridgehead atoms. The summed E-state index contributed by atoms with van der Waals surface area (Å²) in [5.41, 5.74) is 2.19. The molecular weight excluding hydrogens is 1050 g/mol. The second kappa shape index (κ2) is 32.0. The van der Waals surface area contributed by atoms with Crippen molar-refractivity contribution in [1.82, 2.24) is 0 Å². The van der Waals surface area contributed by atoms with Gasteiger partial charge in [-0.2, -0.15) is 21.4 Å². The highest BCUT2D eigenvalue weighted by Crippen LogP contribution is 2.51. The van der Waals surface area contributed by atoms with Crippen molar-refractivity contribution in [3.8, 4) is 0 Å². The number of rotatable bonds is 40. The van der Waals surface area contributed by atoms with E-state index in [4.69, 9.17) is 37.9 Å². The summed E-state index contributed by atoms with van der Waals surface area (Å²) in [5, 5.41) is 9.23. The van der Waals surface area contributed by atoms with E-state index in [2.05, 4.69) is 4.58 Å². The van der Waals surface area contributed by atoms with E-state index in [0.29, 0.717) is 134 Å². The van der Waals surface area contributed by atoms with E-state index in [1.54, 1.807) is 44.6 Å². The first kappa shape index (κ1) is 64.3. The van der Waals surface area contributed by atoms with Crippen LogP contribution in [0, 0.1) is 0 Å². The Morgan fingerprint density at radius 2 is 1.14 bits per heavy atom. The molecule has 21 nitrogen and oxygen atoms in total. The third-order valence-electron chi connectivity index (χ3n) is 12.9. The van der Waals surface area contributed by atoms with Crippen LogP contribution in [0.2, 0.25) is 0 Å². The van der Waals surface area contributed by atoms with Crippen molar-refractivity contribution >= 4 is 53.4 Å². The molecule has 0 saturated carbocycles. The number of carboxylic acids is 1. The molecule has 2 aliphatic rings. The van der Waals surface area contributed by atoms with Crippen molar-refractivity contribution in [3.05, 3.63) is 95.8 Å². The molecule has 0 saturated heterocycles. The van der Waals surface area contributed by atoms with E-state index in [1.165, 1.54) is 30.3 Å². The third-order valence-corrected chi connectivity index (χ3v) is 15.3. The van der Waals surface area contributed by atoms with Crippen molar-refractivity contribution in [3.63, 3.8) is 0 Å². The van der Waals surface area contributed by atoms with Crippen LogP contribution in [0.1, 0.15) is 69.9 Å². The van der Waals surface area contributed by atoms with Gasteiger partial charge >= 0.3 is 5.97 Å². The lowest BCUT2D eigenvalue weighted by Crippen LogP contribution is -2.33. The normalized spacial score (nSPS) is 18.6. The van der Waals surface area contributed by atoms with E-state index < -0.39 is 57.8 Å². The molecule has 2 aromatic rings. The van der Waals surface area contributed by atoms with E-state index in [9.17, 15) is 48.8 Å². The molecule has 2 unspecified atom stereocenters. The van der Waals surface area contributed by atoms with Crippen LogP contribution in [0.4, 0.5) is 11.4 Å². The largest absolute Gasteiger partial charge is 0.744 e. The maximum Gasteiger partial charge on any atom is 0.303 e. The Morgan fingerprint density at radius 3 is 1.68 bits per heavy atom. The van der Waals surface area contributed by atoms with Gasteiger partial charge in [0.25, 0.3) is 20.2 Å². The molecule has 0 fully saturated rings. The minimum absolute atomic E-state index is 0.0231. The summed E-state index contributed by atoms with van der Waals surface area (Å²) >= 11 is 0. The molecule has 2 aliphatic heterocycles. The zero-order valence-electron chi connectivity index (χ0n) is 44.0. The van der Waals surface area contributed by atoms with Crippen molar-refractivity contribution in [2.45, 2.75) is 79.4 Å². The van der Waals surface area contributed by atoms with Crippen LogP contribution in [0.25, 0.3) is 0 Å². The zero-order chi connectivity index (χ0) is 55.7. The maximum absolute atomic E-state index is 12.4. The Hall–Kier alpha value is -4.25. The molecule has 0 spiro atoms. The molecule has 2 aromatic carbocycles. The number of aliphatic carboxylic acids is 1. The number of benzene rings is 2. The van der Waals surface area contributed by atoms with Gasteiger partial charge < -0.3 is 52.5 Å². The Balaban J connectivity index is 1.63. The first-order valence-electron chi connectivity index (χ1n) is 25.2. The van der Waals surface area contributed by atoms with Crippen LogP contribution in [-0.4, -0.2) is 186 Å². The first-order valence-corrected chi connectivity index (χ1v) is 29.6. The number of nitrogens with zero attached hydrogens (tertiary/aromatic N) is 2. The van der Waals surface area contributed by atoms with E-state index in [1.807, 2.05) is 37.0 Å². The van der Waals surface area contributed by atoms with Gasteiger partial charge in [0.05, 0.1) is 100 Å². The van der Waals surface area contributed by atoms with E-state index in [-0.39, 0.29) is 44.1 Å². The lowest BCUT2D eigenvalue weighted by atomic mass is 9.76. The summed E-state index contributed by atoms with van der Waals surface area (Å²) < 4.78 is 151. The molecular formula is C52H76N2O19S3. The van der Waals surface area contributed by atoms with E-state index in [0.717, 1.165) is 11.4 Å². The maximum atomic E-state index is 12.4. The fourth-order valence-corrected chi connectivity index (χ4v) is 10.4. The summed E-state index contributed by atoms with van der Waals surface area (Å²) in [5.74, 6) is -1.41. The molecule has 0 aromatic heterocycles. The molecule has 0 radical (unpaired) electrons. The minimum Gasteiger partial charge on any atom is -0.744 e. The Bertz CT molecular complexity index is 2670. The summed E-state index contributed by atoms with van der Waals surface area (Å²) in [6, 6.07) is 8.57. The van der Waals surface area contributed by atoms with Crippen LogP contribution in [0.3, 0.4) is 0 Å². The monoisotopic (exact) mass is 1130 g/mol. The molecule has 2 atom stereocenters. The predicted octanol–water partition coefficient (Wildman–Crippen LogP) is 5.62. The van der Waals surface area contributed by atoms with Gasteiger partial charge in [-0.3, -0.25) is 13.9 Å². The number of anilines is 1. The molecule has 426 valence electrons. The van der Waals surface area contributed by atoms with Gasteiger partial charge in [-0.1, -0.05) is 30.4 Å². The van der Waals surface area contributed by atoms with Crippen LogP contribution in [-0.2, 0) is 83.9 Å². The smallest absolute Gasteiger partial charge is 0.303 e. The number of fused-ring (bicyclic) bond motifs is 2. The van der Waals surface area contributed by atoms with Crippen LogP contribution < -0.4 is 4.90 Å². The average Bonchev–Trinajstić information content (AvgIpc) is 3.74. The zero-order valence-corrected chi connectivity index (χ0v) is 46.4. The number of carboxylic acid groups (broad SMARTS) is 1. The highest BCUT2D eigenvalue weighted by molar-refractivity contribution is 7.86. The number of unbranched alkanes of at least 4 members (excludes halogenated alkanes) is 2. The number of methoxy groups -OCH3 is 2. The van der Waals surface area contributed by atoms with Gasteiger partial charge in [-0.05, 0) is 87.9 Å². The quantitative estimate of drug-likeness (QED) is 0.0316. The van der Waals surface area contributed by atoms with Crippen LogP contribution in [0.5, 0.6) is 0 Å². The second-order valence-corrected chi connectivity index (χ2v) is 22.7. The molecule has 0 amide bonds. The number of hydrogen-bond acceptors (Lipinski definition) is 17. The van der Waals surface area contributed by atoms with Gasteiger partial charge in [-0.25, -0.2) is 8.42 Å². The minimum atomic E-state index is -4.86. The number of allylic oxidation sites excluding steroid dienone is 8. The van der Waals surface area contributed by atoms with Crippen molar-refractivity contribution in [1.29, 1.82) is 0 Å². The lowest BCUT2D eigenvalue weighted by molar-refractivity contribution is -0.438. The Kier molecular flexibility index (Phi) is 27.0. The SMILES string of the molecule is COCCOCCOCCOCCC1(C)C(/C=C/C=C/C=C/C=C2/N(CCCS(=O)(=O)O)c3ccc(S(=O)(=O)[O-])cc3C2(C)CCOCCOCCOCCOC)=[N+](CCCCCC(=O)O)c2ccc(S(=O)(=O)O)cc21. The highest BCUT2D eigenvalue weighted by Gasteiger charge is 2.48. The van der Waals surface area contributed by atoms with Crippen molar-refractivity contribution in [2.24, 2.45) is 0 Å². The van der Waals surface area contributed by atoms with Gasteiger partial charge in [0, 0.05) is 81.3 Å². The second-order valence-electron chi connectivity index (χ2n) is 18.3. The summed E-state index contributed by atoms with van der Waals surface area (Å²) in [6.45, 7) is 9.50. The van der Waals surface area contributed by atoms with E-state index >= 15 is 0 Å². The fraction of sp³-hybridized carbons (Fsp3) is 0.577. The van der Waals surface area contributed by atoms with Crippen LogP contribution in [0.15, 0.2) is 94.4 Å². The van der Waals surface area contributed by atoms with Gasteiger partial charge in [0.15, 0.2) is 5.71 Å². The summed E-state index contributed by atoms with van der Waals surface area (Å²) in [6.07, 6.45) is 15.2. The van der Waals surface area contributed by atoms with Gasteiger partial charge in [-0.15, -0.1) is 0 Å². The Morgan fingerprint density at radius 1 is 0.632 bits per heavy atom. The molecule has 24 heteroatoms. The van der Waals surface area contributed by atoms with Crippen LogP contribution >= 0.6 is 0 Å². The molecule has 76 heavy (non-hydrogen) atoms. The third kappa shape index (κ3) is 20.5. The number of hydrogen-bond donors (Lipinski definition) is 3. The molecule has 4 rings (SSSR count). The molecule has 3 N–H and O–H groups in total. The van der Waals surface area contributed by atoms with Gasteiger partial charge in [0.1, 0.15) is 16.7 Å². The fourth-order valence-electron chi connectivity index (χ4n) is 8.92.